The highest BCUT2D eigenvalue weighted by Gasteiger charge is 2.09. The van der Waals surface area contributed by atoms with Crippen LogP contribution in [-0.2, 0) is 11.3 Å². The Kier molecular flexibility index (Phi) is 5.92. The third kappa shape index (κ3) is 5.14. The van der Waals surface area contributed by atoms with Gasteiger partial charge in [-0.3, -0.25) is 10.1 Å². The van der Waals surface area contributed by atoms with E-state index in [1.165, 1.54) is 6.07 Å². The fraction of sp³-hybridized carbons (Fsp3) is 0.167. The Morgan fingerprint density at radius 3 is 2.67 bits per heavy atom. The minimum atomic E-state index is -0.548. The Hall–Kier alpha value is -3.33. The van der Waals surface area contributed by atoms with E-state index >= 15 is 0 Å². The molecule has 0 aromatic heterocycles. The summed E-state index contributed by atoms with van der Waals surface area (Å²) in [7, 11) is 0. The lowest BCUT2D eigenvalue weighted by molar-refractivity contribution is -0.385. The van der Waals surface area contributed by atoms with E-state index in [2.05, 4.69) is 17.2 Å². The highest BCUT2D eigenvalue weighted by atomic mass is 16.6. The average molecular weight is 324 g/mol. The summed E-state index contributed by atoms with van der Waals surface area (Å²) in [5.41, 5.74) is 2.16. The molecule has 122 valence electrons. The molecule has 0 spiro atoms. The van der Waals surface area contributed by atoms with Gasteiger partial charge in [-0.25, -0.2) is 4.79 Å². The maximum absolute atomic E-state index is 11.5. The molecule has 0 aliphatic carbocycles. The van der Waals surface area contributed by atoms with Crippen molar-refractivity contribution < 1.29 is 14.5 Å². The van der Waals surface area contributed by atoms with Crippen LogP contribution in [0.15, 0.2) is 48.5 Å². The van der Waals surface area contributed by atoms with Crippen molar-refractivity contribution in [3.05, 3.63) is 75.3 Å². The van der Waals surface area contributed by atoms with Crippen molar-refractivity contribution in [3.63, 3.8) is 0 Å². The lowest BCUT2D eigenvalue weighted by Gasteiger charge is -2.04. The van der Waals surface area contributed by atoms with E-state index in [0.717, 1.165) is 5.56 Å². The highest BCUT2D eigenvalue weighted by Crippen LogP contribution is 2.18. The number of alkyl carbamates (subject to hydrolysis) is 1. The maximum Gasteiger partial charge on any atom is 0.408 e. The highest BCUT2D eigenvalue weighted by molar-refractivity contribution is 5.67. The van der Waals surface area contributed by atoms with Crippen molar-refractivity contribution in [2.24, 2.45) is 0 Å². The van der Waals surface area contributed by atoms with Crippen molar-refractivity contribution in [2.75, 3.05) is 6.54 Å². The summed E-state index contributed by atoms with van der Waals surface area (Å²) in [6, 6.07) is 14.0. The third-order valence-electron chi connectivity index (χ3n) is 3.16. The molecule has 0 saturated carbocycles. The third-order valence-corrected chi connectivity index (χ3v) is 3.16. The number of nitro groups is 1. The van der Waals surface area contributed by atoms with Gasteiger partial charge in [-0.15, -0.1) is 0 Å². The van der Waals surface area contributed by atoms with Gasteiger partial charge >= 0.3 is 6.09 Å². The van der Waals surface area contributed by atoms with Gasteiger partial charge in [0.25, 0.3) is 5.69 Å². The van der Waals surface area contributed by atoms with Crippen LogP contribution in [0.5, 0.6) is 0 Å². The number of nitro benzene ring substituents is 1. The number of carbonyl (C=O) groups is 1. The molecular weight excluding hydrogens is 308 g/mol. The molecule has 0 heterocycles. The SMILES string of the molecule is Cc1cc(C#CCNC(=O)OCc2ccccc2)ccc1[N+](=O)[O-]. The topological polar surface area (TPSA) is 81.5 Å². The fourth-order valence-corrected chi connectivity index (χ4v) is 1.97. The number of hydrogen-bond donors (Lipinski definition) is 1. The molecule has 0 bridgehead atoms. The Morgan fingerprint density at radius 1 is 1.25 bits per heavy atom. The molecule has 2 aromatic carbocycles. The molecule has 24 heavy (non-hydrogen) atoms. The quantitative estimate of drug-likeness (QED) is 0.532. The standard InChI is InChI=1S/C18H16N2O4/c1-14-12-15(9-10-17(14)20(22)23)8-5-11-19-18(21)24-13-16-6-3-2-4-7-16/h2-4,6-7,9-10,12H,11,13H2,1H3,(H,19,21). The largest absolute Gasteiger partial charge is 0.445 e. The zero-order chi connectivity index (χ0) is 17.4. The number of nitrogens with one attached hydrogen (secondary N) is 1. The molecule has 6 heteroatoms. The van der Waals surface area contributed by atoms with Crippen molar-refractivity contribution in [1.29, 1.82) is 0 Å². The van der Waals surface area contributed by atoms with Crippen molar-refractivity contribution in [3.8, 4) is 11.8 Å². The zero-order valence-corrected chi connectivity index (χ0v) is 13.1. The van der Waals surface area contributed by atoms with Crippen LogP contribution in [0.4, 0.5) is 10.5 Å². The van der Waals surface area contributed by atoms with Crippen LogP contribution in [0.2, 0.25) is 0 Å². The number of benzene rings is 2. The van der Waals surface area contributed by atoms with Gasteiger partial charge in [0.05, 0.1) is 11.5 Å². The Bertz CT molecular complexity index is 792. The monoisotopic (exact) mass is 324 g/mol. The first-order chi connectivity index (χ1) is 11.6. The number of ether oxygens (including phenoxy) is 1. The van der Waals surface area contributed by atoms with Gasteiger partial charge < -0.3 is 10.1 Å². The summed E-state index contributed by atoms with van der Waals surface area (Å²) in [6.07, 6.45) is -0.548. The van der Waals surface area contributed by atoms with Crippen LogP contribution in [-0.4, -0.2) is 17.6 Å². The van der Waals surface area contributed by atoms with E-state index in [1.807, 2.05) is 30.3 Å². The van der Waals surface area contributed by atoms with Gasteiger partial charge in [0.15, 0.2) is 0 Å². The summed E-state index contributed by atoms with van der Waals surface area (Å²) >= 11 is 0. The molecule has 0 radical (unpaired) electrons. The summed E-state index contributed by atoms with van der Waals surface area (Å²) < 4.78 is 5.05. The fourth-order valence-electron chi connectivity index (χ4n) is 1.97. The maximum atomic E-state index is 11.5. The smallest absolute Gasteiger partial charge is 0.408 e. The molecule has 0 aliphatic rings. The first-order valence-electron chi connectivity index (χ1n) is 7.25. The lowest BCUT2D eigenvalue weighted by Crippen LogP contribution is -2.24. The molecule has 0 aliphatic heterocycles. The predicted octanol–water partition coefficient (Wildman–Crippen LogP) is 3.18. The van der Waals surface area contributed by atoms with Crippen LogP contribution in [0.25, 0.3) is 0 Å². The van der Waals surface area contributed by atoms with E-state index in [-0.39, 0.29) is 18.8 Å². The van der Waals surface area contributed by atoms with Crippen LogP contribution in [0.1, 0.15) is 16.7 Å². The zero-order valence-electron chi connectivity index (χ0n) is 13.1. The summed E-state index contributed by atoms with van der Waals surface area (Å²) in [5, 5.41) is 13.3. The van der Waals surface area contributed by atoms with E-state index in [9.17, 15) is 14.9 Å². The van der Waals surface area contributed by atoms with Crippen LogP contribution in [0.3, 0.4) is 0 Å². The molecular formula is C18H16N2O4. The molecule has 0 fully saturated rings. The van der Waals surface area contributed by atoms with Crippen molar-refractivity contribution in [2.45, 2.75) is 13.5 Å². The number of carbonyl (C=O) groups excluding carboxylic acids is 1. The molecule has 2 rings (SSSR count). The average Bonchev–Trinajstić information content (AvgIpc) is 2.57. The minimum absolute atomic E-state index is 0.0585. The van der Waals surface area contributed by atoms with Gasteiger partial charge in [-0.1, -0.05) is 42.2 Å². The molecule has 0 atom stereocenters. The van der Waals surface area contributed by atoms with Crippen LogP contribution in [0, 0.1) is 28.9 Å². The molecule has 6 nitrogen and oxygen atoms in total. The Labute approximate surface area is 139 Å². The Balaban J connectivity index is 1.80. The minimum Gasteiger partial charge on any atom is -0.445 e. The molecule has 2 aromatic rings. The lowest BCUT2D eigenvalue weighted by atomic mass is 10.1. The van der Waals surface area contributed by atoms with Gasteiger partial charge in [0.2, 0.25) is 0 Å². The summed E-state index contributed by atoms with van der Waals surface area (Å²) in [5.74, 6) is 5.61. The first-order valence-corrected chi connectivity index (χ1v) is 7.25. The normalized spacial score (nSPS) is 9.54. The number of rotatable bonds is 4. The van der Waals surface area contributed by atoms with Crippen LogP contribution < -0.4 is 5.32 Å². The first kappa shape index (κ1) is 17.0. The van der Waals surface area contributed by atoms with Gasteiger partial charge in [-0.2, -0.15) is 0 Å². The molecule has 1 N–H and O–H groups in total. The second kappa shape index (κ2) is 8.34. The van der Waals surface area contributed by atoms with Crippen molar-refractivity contribution in [1.82, 2.24) is 5.32 Å². The van der Waals surface area contributed by atoms with Gasteiger partial charge in [0.1, 0.15) is 6.61 Å². The van der Waals surface area contributed by atoms with Gasteiger partial charge in [-0.05, 0) is 24.6 Å². The second-order valence-electron chi connectivity index (χ2n) is 4.98. The summed E-state index contributed by atoms with van der Waals surface area (Å²) in [4.78, 5) is 21.8. The summed E-state index contributed by atoms with van der Waals surface area (Å²) in [6.45, 7) is 1.98. The van der Waals surface area contributed by atoms with Crippen molar-refractivity contribution >= 4 is 11.8 Å². The Morgan fingerprint density at radius 2 is 2.00 bits per heavy atom. The predicted molar refractivity (Wildman–Crippen MR) is 89.3 cm³/mol. The van der Waals surface area contributed by atoms with E-state index in [0.29, 0.717) is 11.1 Å². The van der Waals surface area contributed by atoms with E-state index < -0.39 is 11.0 Å². The molecule has 1 amide bonds. The number of amides is 1. The second-order valence-corrected chi connectivity index (χ2v) is 4.98. The van der Waals surface area contributed by atoms with Gasteiger partial charge in [0, 0.05) is 17.2 Å². The number of aryl methyl sites for hydroxylation is 1. The number of nitrogens with zero attached hydrogens (tertiary/aromatic N) is 1. The molecule has 0 saturated heterocycles. The van der Waals surface area contributed by atoms with E-state index in [1.54, 1.807) is 19.1 Å². The van der Waals surface area contributed by atoms with E-state index in [4.69, 9.17) is 4.74 Å². The number of hydrogen-bond acceptors (Lipinski definition) is 4. The molecule has 0 unspecified atom stereocenters. The van der Waals surface area contributed by atoms with Crippen LogP contribution >= 0.6 is 0 Å².